The highest BCUT2D eigenvalue weighted by Gasteiger charge is 2.15. The van der Waals surface area contributed by atoms with Gasteiger partial charge < -0.3 is 10.3 Å². The number of carbonyl (C=O) groups excluding carboxylic acids is 1. The fraction of sp³-hybridized carbons (Fsp3) is 0.214. The lowest BCUT2D eigenvalue weighted by molar-refractivity contribution is 0.102. The van der Waals surface area contributed by atoms with Crippen LogP contribution in [-0.4, -0.2) is 20.9 Å². The van der Waals surface area contributed by atoms with Gasteiger partial charge in [-0.15, -0.1) is 0 Å². The van der Waals surface area contributed by atoms with Crippen molar-refractivity contribution in [3.05, 3.63) is 112 Å². The summed E-state index contributed by atoms with van der Waals surface area (Å²) in [6.07, 6.45) is 4.85. The molecule has 0 saturated heterocycles. The van der Waals surface area contributed by atoms with Crippen molar-refractivity contribution >= 4 is 11.6 Å². The van der Waals surface area contributed by atoms with Crippen LogP contribution >= 0.6 is 0 Å². The first-order chi connectivity index (χ1) is 16.3. The predicted octanol–water partition coefficient (Wildman–Crippen LogP) is 5.17. The number of aromatic nitrogens is 3. The lowest BCUT2D eigenvalue weighted by Crippen LogP contribution is -2.20. The molecule has 0 unspecified atom stereocenters. The molecule has 0 fully saturated rings. The number of benzene rings is 2. The van der Waals surface area contributed by atoms with E-state index in [4.69, 9.17) is 0 Å². The lowest BCUT2D eigenvalue weighted by atomic mass is 9.87. The van der Waals surface area contributed by atoms with Crippen molar-refractivity contribution < 1.29 is 4.79 Å². The van der Waals surface area contributed by atoms with E-state index in [1.165, 1.54) is 5.56 Å². The van der Waals surface area contributed by atoms with Gasteiger partial charge in [0, 0.05) is 29.9 Å². The van der Waals surface area contributed by atoms with E-state index in [2.05, 4.69) is 53.2 Å². The van der Waals surface area contributed by atoms with Crippen LogP contribution in [0.2, 0.25) is 0 Å². The summed E-state index contributed by atoms with van der Waals surface area (Å²) in [6, 6.07) is 21.0. The molecule has 0 aliphatic rings. The molecular weight excluding hydrogens is 424 g/mol. The highest BCUT2D eigenvalue weighted by Crippen LogP contribution is 2.23. The molecule has 172 valence electrons. The minimum absolute atomic E-state index is 0.00201. The lowest BCUT2D eigenvalue weighted by Gasteiger charge is -2.19. The van der Waals surface area contributed by atoms with Gasteiger partial charge in [0.1, 0.15) is 11.5 Å². The van der Waals surface area contributed by atoms with Crippen LogP contribution in [0.15, 0.2) is 83.9 Å². The van der Waals surface area contributed by atoms with Crippen LogP contribution in [0.4, 0.5) is 5.69 Å². The number of rotatable bonds is 6. The van der Waals surface area contributed by atoms with E-state index in [9.17, 15) is 9.59 Å². The topological polar surface area (TPSA) is 87.7 Å². The molecule has 0 spiro atoms. The normalized spacial score (nSPS) is 11.3. The third-order valence-electron chi connectivity index (χ3n) is 5.65. The number of hydrogen-bond acceptors (Lipinski definition) is 4. The molecule has 2 aromatic heterocycles. The van der Waals surface area contributed by atoms with E-state index in [1.54, 1.807) is 36.7 Å². The maximum absolute atomic E-state index is 12.8. The Kier molecular flexibility index (Phi) is 6.68. The molecule has 0 bridgehead atoms. The van der Waals surface area contributed by atoms with Gasteiger partial charge in [0.2, 0.25) is 0 Å². The molecule has 0 aliphatic carbocycles. The number of aryl methyl sites for hydroxylation is 2. The average Bonchev–Trinajstić information content (AvgIpc) is 2.84. The number of amides is 1. The highest BCUT2D eigenvalue weighted by atomic mass is 16.2. The predicted molar refractivity (Wildman–Crippen MR) is 135 cm³/mol. The molecule has 4 rings (SSSR count). The molecule has 4 aromatic rings. The largest absolute Gasteiger partial charge is 0.327 e. The van der Waals surface area contributed by atoms with Crippen LogP contribution in [-0.2, 0) is 18.3 Å². The van der Waals surface area contributed by atoms with E-state index in [-0.39, 0.29) is 22.6 Å². The first-order valence-electron chi connectivity index (χ1n) is 11.3. The zero-order valence-electron chi connectivity index (χ0n) is 19.6. The van der Waals surface area contributed by atoms with Crippen LogP contribution in [0.3, 0.4) is 0 Å². The van der Waals surface area contributed by atoms with Crippen LogP contribution in [0.1, 0.15) is 48.1 Å². The van der Waals surface area contributed by atoms with Crippen molar-refractivity contribution in [2.45, 2.75) is 39.0 Å². The monoisotopic (exact) mass is 452 g/mol. The number of hydrogen-bond donors (Lipinski definition) is 2. The fourth-order valence-corrected chi connectivity index (χ4v) is 3.62. The smallest absolute Gasteiger partial charge is 0.271 e. The second-order valence-electron chi connectivity index (χ2n) is 9.26. The number of pyridine rings is 1. The Morgan fingerprint density at radius 3 is 2.41 bits per heavy atom. The number of aromatic amines is 1. The van der Waals surface area contributed by atoms with Crippen LogP contribution < -0.4 is 10.9 Å². The quantitative estimate of drug-likeness (QED) is 0.423. The van der Waals surface area contributed by atoms with Gasteiger partial charge in [-0.05, 0) is 47.2 Å². The van der Waals surface area contributed by atoms with Crippen molar-refractivity contribution in [2.75, 3.05) is 5.32 Å². The van der Waals surface area contributed by atoms with Crippen molar-refractivity contribution in [1.29, 1.82) is 0 Å². The molecular formula is C28H28N4O2. The summed E-state index contributed by atoms with van der Waals surface area (Å²) in [7, 11) is 0. The molecule has 1 amide bonds. The fourth-order valence-electron chi connectivity index (χ4n) is 3.62. The molecule has 0 radical (unpaired) electrons. The molecule has 0 atom stereocenters. The number of nitrogens with one attached hydrogen (secondary N) is 2. The van der Waals surface area contributed by atoms with Gasteiger partial charge in [-0.25, -0.2) is 9.97 Å². The van der Waals surface area contributed by atoms with Gasteiger partial charge in [-0.2, -0.15) is 0 Å². The van der Waals surface area contributed by atoms with E-state index in [0.29, 0.717) is 23.2 Å². The Balaban J connectivity index is 1.51. The second-order valence-corrected chi connectivity index (χ2v) is 9.26. The maximum atomic E-state index is 12.8. The third kappa shape index (κ3) is 5.64. The van der Waals surface area contributed by atoms with Gasteiger partial charge in [-0.1, -0.05) is 63.2 Å². The minimum Gasteiger partial charge on any atom is -0.327 e. The Hall–Kier alpha value is -4.06. The van der Waals surface area contributed by atoms with Crippen molar-refractivity contribution in [2.24, 2.45) is 0 Å². The molecule has 6 heteroatoms. The number of nitrogens with zero attached hydrogens (tertiary/aromatic N) is 2. The molecule has 2 heterocycles. The van der Waals surface area contributed by atoms with Gasteiger partial charge in [-0.3, -0.25) is 9.59 Å². The maximum Gasteiger partial charge on any atom is 0.271 e. The zero-order valence-corrected chi connectivity index (χ0v) is 19.6. The molecule has 6 nitrogen and oxygen atoms in total. The van der Waals surface area contributed by atoms with Gasteiger partial charge in [0.25, 0.3) is 11.5 Å². The Morgan fingerprint density at radius 2 is 1.71 bits per heavy atom. The van der Waals surface area contributed by atoms with Crippen LogP contribution in [0.5, 0.6) is 0 Å². The average molecular weight is 453 g/mol. The standard InChI is InChI=1S/C28H28N4O2/c1-28(2,3)22-12-10-20(11-13-22)26(33)32-24-17-21(18-30-27(24)34)23-15-16-29-25(31-23)14-9-19-7-5-4-6-8-19/h4-8,10-13,15-18H,9,14H2,1-3H3,(H,30,34)(H,32,33). The summed E-state index contributed by atoms with van der Waals surface area (Å²) in [5.74, 6) is 0.381. The second kappa shape index (κ2) is 9.83. The van der Waals surface area contributed by atoms with E-state index < -0.39 is 0 Å². The molecule has 34 heavy (non-hydrogen) atoms. The zero-order chi connectivity index (χ0) is 24.1. The van der Waals surface area contributed by atoms with E-state index in [0.717, 1.165) is 17.8 Å². The van der Waals surface area contributed by atoms with Gasteiger partial charge in [0.15, 0.2) is 0 Å². The van der Waals surface area contributed by atoms with E-state index in [1.807, 2.05) is 30.3 Å². The summed E-state index contributed by atoms with van der Waals surface area (Å²) in [5, 5.41) is 2.73. The van der Waals surface area contributed by atoms with Crippen molar-refractivity contribution in [1.82, 2.24) is 15.0 Å². The van der Waals surface area contributed by atoms with Crippen LogP contribution in [0, 0.1) is 0 Å². The van der Waals surface area contributed by atoms with Crippen LogP contribution in [0.25, 0.3) is 11.3 Å². The minimum atomic E-state index is -0.373. The molecule has 2 aromatic carbocycles. The molecule has 2 N–H and O–H groups in total. The third-order valence-corrected chi connectivity index (χ3v) is 5.65. The SMILES string of the molecule is CC(C)(C)c1ccc(C(=O)Nc2cc(-c3ccnc(CCc4ccccc4)n3)c[nH]c2=O)cc1. The van der Waals surface area contributed by atoms with Gasteiger partial charge in [0.05, 0.1) is 5.69 Å². The van der Waals surface area contributed by atoms with Crippen molar-refractivity contribution in [3.8, 4) is 11.3 Å². The molecule has 0 saturated carbocycles. The summed E-state index contributed by atoms with van der Waals surface area (Å²) in [4.78, 5) is 36.9. The summed E-state index contributed by atoms with van der Waals surface area (Å²) >= 11 is 0. The Morgan fingerprint density at radius 1 is 0.971 bits per heavy atom. The van der Waals surface area contributed by atoms with Crippen molar-refractivity contribution in [3.63, 3.8) is 0 Å². The Labute approximate surface area is 199 Å². The van der Waals surface area contributed by atoms with Gasteiger partial charge >= 0.3 is 0 Å². The first kappa shape index (κ1) is 23.1. The number of H-pyrrole nitrogens is 1. The first-order valence-corrected chi connectivity index (χ1v) is 11.3. The summed E-state index contributed by atoms with van der Waals surface area (Å²) in [5.41, 5.74) is 4.02. The van der Waals surface area contributed by atoms with E-state index >= 15 is 0 Å². The number of carbonyl (C=O) groups is 1. The number of anilines is 1. The summed E-state index contributed by atoms with van der Waals surface area (Å²) < 4.78 is 0. The Bertz CT molecular complexity index is 1340. The highest BCUT2D eigenvalue weighted by molar-refractivity contribution is 6.04. The molecule has 0 aliphatic heterocycles. The summed E-state index contributed by atoms with van der Waals surface area (Å²) in [6.45, 7) is 6.36.